The Labute approximate surface area is 361 Å². The lowest BCUT2D eigenvalue weighted by atomic mass is 9.85. The Morgan fingerprint density at radius 2 is 1.12 bits per heavy atom. The molecule has 0 amide bonds. The highest BCUT2D eigenvalue weighted by Gasteiger charge is 2.33. The molecule has 5 aromatic carbocycles. The van der Waals surface area contributed by atoms with Crippen molar-refractivity contribution in [3.63, 3.8) is 0 Å². The summed E-state index contributed by atoms with van der Waals surface area (Å²) in [5.41, 5.74) is 5.51. The van der Waals surface area contributed by atoms with Gasteiger partial charge < -0.3 is 20.1 Å². The topological polar surface area (TPSA) is 76.7 Å². The number of nitrogens with one attached hydrogen (secondary N) is 2. The van der Waals surface area contributed by atoms with Gasteiger partial charge in [0.25, 0.3) is 0 Å². The molecule has 8 heteroatoms. The zero-order chi connectivity index (χ0) is 42.4. The van der Waals surface area contributed by atoms with E-state index in [0.717, 1.165) is 38.0 Å². The smallest absolute Gasteiger partial charge is 0.306 e. The maximum atomic E-state index is 12.2. The van der Waals surface area contributed by atoms with E-state index in [1.165, 1.54) is 63.2 Å². The van der Waals surface area contributed by atoms with Crippen molar-refractivity contribution >= 4 is 60.0 Å². The van der Waals surface area contributed by atoms with Crippen LogP contribution in [0.15, 0.2) is 127 Å². The van der Waals surface area contributed by atoms with Crippen LogP contribution in [0.5, 0.6) is 0 Å². The van der Waals surface area contributed by atoms with Crippen LogP contribution in [0.25, 0.3) is 16.3 Å². The van der Waals surface area contributed by atoms with Gasteiger partial charge in [-0.15, -0.1) is 0 Å². The molecule has 0 saturated heterocycles. The lowest BCUT2D eigenvalue weighted by Gasteiger charge is -2.35. The molecule has 0 spiro atoms. The molecule has 0 aliphatic heterocycles. The van der Waals surface area contributed by atoms with Gasteiger partial charge in [0, 0.05) is 25.2 Å². The summed E-state index contributed by atoms with van der Waals surface area (Å²) in [6, 6.07) is 45.7. The molecule has 60 heavy (non-hydrogen) atoms. The van der Waals surface area contributed by atoms with Crippen LogP contribution < -0.4 is 26.5 Å². The zero-order valence-corrected chi connectivity index (χ0v) is 38.2. The minimum Gasteiger partial charge on any atom is -0.469 e. The maximum Gasteiger partial charge on any atom is 0.306 e. The molecule has 6 nitrogen and oxygen atoms in total. The van der Waals surface area contributed by atoms with Crippen molar-refractivity contribution in [2.24, 2.45) is 11.8 Å². The highest BCUT2D eigenvalue weighted by atomic mass is 31.1. The highest BCUT2D eigenvalue weighted by molar-refractivity contribution is 7.73. The molecule has 0 heterocycles. The van der Waals surface area contributed by atoms with E-state index in [1.807, 2.05) is 0 Å². The van der Waals surface area contributed by atoms with Crippen molar-refractivity contribution in [3.8, 4) is 0 Å². The van der Waals surface area contributed by atoms with Crippen LogP contribution in [-0.2, 0) is 25.5 Å². The van der Waals surface area contributed by atoms with Gasteiger partial charge in [0.05, 0.1) is 27.1 Å². The van der Waals surface area contributed by atoms with Gasteiger partial charge in [-0.25, -0.2) is 0 Å². The monoisotopic (exact) mass is 842 g/mol. The minimum absolute atomic E-state index is 0.183. The number of allylic oxidation sites excluding steroid dienone is 1. The Balaban J connectivity index is 1.59. The Bertz CT molecular complexity index is 2190. The number of hydrogen-bond acceptors (Lipinski definition) is 6. The largest absolute Gasteiger partial charge is 0.469 e. The number of hydrogen-bond donors (Lipinski definition) is 2. The second-order valence-electron chi connectivity index (χ2n) is 16.8. The van der Waals surface area contributed by atoms with Gasteiger partial charge in [-0.3, -0.25) is 9.59 Å². The highest BCUT2D eigenvalue weighted by Crippen LogP contribution is 2.55. The summed E-state index contributed by atoms with van der Waals surface area (Å²) in [7, 11) is 1.27. The van der Waals surface area contributed by atoms with E-state index >= 15 is 0 Å². The van der Waals surface area contributed by atoms with Gasteiger partial charge in [0.15, 0.2) is 0 Å². The van der Waals surface area contributed by atoms with Crippen molar-refractivity contribution in [2.75, 3.05) is 39.6 Å². The van der Waals surface area contributed by atoms with Crippen LogP contribution in [0.3, 0.4) is 0 Å². The summed E-state index contributed by atoms with van der Waals surface area (Å²) in [4.78, 5) is 24.5. The van der Waals surface area contributed by atoms with Crippen molar-refractivity contribution < 1.29 is 19.1 Å². The summed E-state index contributed by atoms with van der Waals surface area (Å²) >= 11 is 0. The summed E-state index contributed by atoms with van der Waals surface area (Å²) in [6.07, 6.45) is 6.64. The third-order valence-corrected chi connectivity index (χ3v) is 16.9. The molecule has 4 atom stereocenters. The number of methoxy groups -OCH3 is 2. The average Bonchev–Trinajstić information content (AvgIpc) is 3.26. The van der Waals surface area contributed by atoms with E-state index in [0.29, 0.717) is 37.8 Å². The van der Waals surface area contributed by atoms with Crippen LogP contribution in [0.2, 0.25) is 0 Å². The Morgan fingerprint density at radius 3 is 1.70 bits per heavy atom. The van der Waals surface area contributed by atoms with Gasteiger partial charge >= 0.3 is 11.9 Å². The molecule has 0 fully saturated rings. The number of carbonyl (C=O) groups is 2. The summed E-state index contributed by atoms with van der Waals surface area (Å²) in [5, 5.41) is 15.9. The van der Waals surface area contributed by atoms with Gasteiger partial charge in [-0.2, -0.15) is 0 Å². The average molecular weight is 843 g/mol. The molecule has 0 saturated carbocycles. The standard InChI is InChI=1S/C52H64N2O4P2/c1-37(2)33-41(53-31-29-49(55)57-5)35-59(43-19-9-7-10-20-43)47-27-25-39-17-13-15-23-45(39)51(47)52-46-24-16-14-18-40(46)26-28-48(52)60(44-21-11-8-12-22-44)36-42(34-38(3)4)54-32-30-50(56)58-6/h7-25,27,37-38,41-42,53-54H,26,28-36H2,1-6H3. The Kier molecular flexibility index (Phi) is 17.1. The quantitative estimate of drug-likeness (QED) is 0.0566. The molecule has 6 rings (SSSR count). The van der Waals surface area contributed by atoms with Crippen molar-refractivity contribution in [3.05, 3.63) is 143 Å². The molecular weight excluding hydrogens is 779 g/mol. The molecule has 0 aromatic heterocycles. The second-order valence-corrected chi connectivity index (χ2v) is 21.3. The normalized spacial score (nSPS) is 14.8. The summed E-state index contributed by atoms with van der Waals surface area (Å²) in [6.45, 7) is 10.4. The molecule has 1 aliphatic rings. The third-order valence-electron chi connectivity index (χ3n) is 11.4. The molecule has 4 unspecified atom stereocenters. The number of rotatable bonds is 21. The number of fused-ring (bicyclic) bond motifs is 2. The van der Waals surface area contributed by atoms with E-state index in [-0.39, 0.29) is 24.0 Å². The molecule has 1 aliphatic carbocycles. The van der Waals surface area contributed by atoms with E-state index in [9.17, 15) is 9.59 Å². The van der Waals surface area contributed by atoms with E-state index < -0.39 is 15.8 Å². The molecule has 0 radical (unpaired) electrons. The Morgan fingerprint density at radius 1 is 0.600 bits per heavy atom. The Hall–Kier alpha value is -4.18. The lowest BCUT2D eigenvalue weighted by molar-refractivity contribution is -0.141. The van der Waals surface area contributed by atoms with Gasteiger partial charge in [0.2, 0.25) is 0 Å². The zero-order valence-electron chi connectivity index (χ0n) is 36.5. The number of ether oxygens (including phenoxy) is 2. The first-order valence-electron chi connectivity index (χ1n) is 21.8. The van der Waals surface area contributed by atoms with E-state index in [1.54, 1.807) is 5.31 Å². The molecule has 5 aromatic rings. The number of aryl methyl sites for hydroxylation is 1. The fourth-order valence-electron chi connectivity index (χ4n) is 8.73. The fourth-order valence-corrected chi connectivity index (χ4v) is 14.3. The molecule has 0 bridgehead atoms. The van der Waals surface area contributed by atoms with Crippen LogP contribution in [0, 0.1) is 11.8 Å². The first-order chi connectivity index (χ1) is 29.2. The van der Waals surface area contributed by atoms with Crippen LogP contribution in [0.1, 0.15) is 76.5 Å². The molecule has 2 N–H and O–H groups in total. The van der Waals surface area contributed by atoms with Gasteiger partial charge in [-0.05, 0) is 120 Å². The van der Waals surface area contributed by atoms with Crippen LogP contribution >= 0.6 is 15.8 Å². The number of esters is 2. The van der Waals surface area contributed by atoms with Crippen molar-refractivity contribution in [1.29, 1.82) is 0 Å². The predicted molar refractivity (Wildman–Crippen MR) is 256 cm³/mol. The van der Waals surface area contributed by atoms with E-state index in [4.69, 9.17) is 9.47 Å². The summed E-state index contributed by atoms with van der Waals surface area (Å²) in [5.74, 6) is 0.608. The number of benzene rings is 5. The van der Waals surface area contributed by atoms with E-state index in [2.05, 4.69) is 160 Å². The second kappa shape index (κ2) is 22.6. The fraction of sp³-hybridized carbons (Fsp3) is 0.385. The van der Waals surface area contributed by atoms with Gasteiger partial charge in [-0.1, -0.05) is 149 Å². The predicted octanol–water partition coefficient (Wildman–Crippen LogP) is 9.92. The molecule has 316 valence electrons. The minimum atomic E-state index is -0.863. The first kappa shape index (κ1) is 45.3. The van der Waals surface area contributed by atoms with Crippen LogP contribution in [0.4, 0.5) is 0 Å². The number of carbonyl (C=O) groups excluding carboxylic acids is 2. The van der Waals surface area contributed by atoms with Crippen molar-refractivity contribution in [1.82, 2.24) is 10.6 Å². The lowest BCUT2D eigenvalue weighted by Crippen LogP contribution is -2.37. The maximum absolute atomic E-state index is 12.2. The van der Waals surface area contributed by atoms with Crippen molar-refractivity contribution in [2.45, 2.75) is 78.3 Å². The third kappa shape index (κ3) is 12.0. The van der Waals surface area contributed by atoms with Gasteiger partial charge in [0.1, 0.15) is 0 Å². The summed E-state index contributed by atoms with van der Waals surface area (Å²) < 4.78 is 10.0. The first-order valence-corrected chi connectivity index (χ1v) is 24.8. The van der Waals surface area contributed by atoms with Crippen LogP contribution in [-0.4, -0.2) is 63.7 Å². The molecular formula is C52H64N2O4P2. The SMILES string of the molecule is COC(=O)CCNC(CC(C)C)CP(C1=C(c2c(P(CC(CC(C)C)NCCC(=O)OC)c3ccccc3)ccc3ccccc23)c2ccccc2CC1)c1ccccc1.